The smallest absolute Gasteiger partial charge is 0.384 e. The fourth-order valence-electron chi connectivity index (χ4n) is 3.69. The first kappa shape index (κ1) is 23.8. The van der Waals surface area contributed by atoms with Crippen molar-refractivity contribution in [2.75, 3.05) is 26.6 Å². The zero-order valence-corrected chi connectivity index (χ0v) is 20.2. The van der Waals surface area contributed by atoms with Crippen molar-refractivity contribution in [3.05, 3.63) is 108 Å². The lowest BCUT2D eigenvalue weighted by Crippen LogP contribution is -2.15. The first-order valence-electron chi connectivity index (χ1n) is 10.8. The van der Waals surface area contributed by atoms with Gasteiger partial charge in [0.2, 0.25) is 17.2 Å². The molecule has 0 unspecified atom stereocenters. The minimum atomic E-state index is -3.69. The fraction of sp³-hybridized carbons (Fsp3) is 0.192. The average molecular weight is 478 g/mol. The second-order valence-corrected chi connectivity index (χ2v) is 9.67. The molecule has 1 aromatic heterocycles. The van der Waals surface area contributed by atoms with Gasteiger partial charge in [-0.05, 0) is 28.8 Å². The molecule has 0 fully saturated rings. The average Bonchev–Trinajstić information content (AvgIpc) is 3.33. The van der Waals surface area contributed by atoms with E-state index in [0.29, 0.717) is 12.4 Å². The van der Waals surface area contributed by atoms with Crippen LogP contribution >= 0.6 is 7.60 Å². The number of methoxy groups -OCH3 is 1. The highest BCUT2D eigenvalue weighted by Crippen LogP contribution is 2.48. The lowest BCUT2D eigenvalue weighted by atomic mass is 9.91. The molecule has 3 aromatic carbocycles. The zero-order chi connectivity index (χ0) is 24.0. The number of ether oxygens (including phenoxy) is 1. The second-order valence-electron chi connectivity index (χ2n) is 7.52. The van der Waals surface area contributed by atoms with Gasteiger partial charge < -0.3 is 23.5 Å². The maximum absolute atomic E-state index is 13.4. The highest BCUT2D eigenvalue weighted by Gasteiger charge is 2.36. The van der Waals surface area contributed by atoms with Crippen LogP contribution < -0.4 is 15.5 Å². The molecule has 8 heteroatoms. The van der Waals surface area contributed by atoms with E-state index in [-0.39, 0.29) is 17.2 Å². The topological polar surface area (TPSA) is 82.8 Å². The van der Waals surface area contributed by atoms with Gasteiger partial charge in [0.1, 0.15) is 5.75 Å². The third-order valence-corrected chi connectivity index (χ3v) is 7.27. The molecule has 0 radical (unpaired) electrons. The van der Waals surface area contributed by atoms with Crippen LogP contribution in [-0.2, 0) is 20.2 Å². The molecular weight excluding hydrogens is 451 g/mol. The summed E-state index contributed by atoms with van der Waals surface area (Å²) in [6.07, 6.45) is 0. The van der Waals surface area contributed by atoms with Gasteiger partial charge in [0, 0.05) is 20.8 Å². The van der Waals surface area contributed by atoms with Gasteiger partial charge in [0.05, 0.1) is 13.0 Å². The lowest BCUT2D eigenvalue weighted by molar-refractivity contribution is 0.286. The molecule has 4 rings (SSSR count). The lowest BCUT2D eigenvalue weighted by Gasteiger charge is -2.14. The SMILES string of the molecule is COc1ccc(CNc2oc(C(c3ccccc3)c3ccccc3)nc2P(=O)(OC)OC)cc1. The summed E-state index contributed by atoms with van der Waals surface area (Å²) in [6, 6.07) is 27.4. The van der Waals surface area contributed by atoms with E-state index in [1.54, 1.807) is 7.11 Å². The first-order valence-corrected chi connectivity index (χ1v) is 12.3. The maximum atomic E-state index is 13.4. The highest BCUT2D eigenvalue weighted by molar-refractivity contribution is 7.62. The minimum Gasteiger partial charge on any atom is -0.497 e. The van der Waals surface area contributed by atoms with Gasteiger partial charge in [-0.1, -0.05) is 72.8 Å². The van der Waals surface area contributed by atoms with E-state index in [1.807, 2.05) is 84.9 Å². The number of rotatable bonds is 10. The minimum absolute atomic E-state index is 0.109. The number of oxazole rings is 1. The standard InChI is InChI=1S/C26H27N2O5P/c1-30-22-16-14-19(15-17-22)18-27-25-26(34(29,31-2)32-3)28-24(33-25)23(20-10-6-4-7-11-20)21-12-8-5-9-13-21/h4-17,23,27H,18H2,1-3H3. The van der Waals surface area contributed by atoms with E-state index in [0.717, 1.165) is 22.4 Å². The number of anilines is 1. The third kappa shape index (κ3) is 5.07. The monoisotopic (exact) mass is 478 g/mol. The molecule has 0 aliphatic carbocycles. The molecule has 0 aliphatic rings. The predicted molar refractivity (Wildman–Crippen MR) is 132 cm³/mol. The molecule has 7 nitrogen and oxygen atoms in total. The summed E-state index contributed by atoms with van der Waals surface area (Å²) in [6.45, 7) is 0.417. The van der Waals surface area contributed by atoms with E-state index >= 15 is 0 Å². The third-order valence-electron chi connectivity index (χ3n) is 5.49. The van der Waals surface area contributed by atoms with Crippen LogP contribution in [0.2, 0.25) is 0 Å². The van der Waals surface area contributed by atoms with Crippen LogP contribution in [0.1, 0.15) is 28.5 Å². The van der Waals surface area contributed by atoms with E-state index < -0.39 is 7.60 Å². The Bertz CT molecular complexity index is 1200. The number of hydrogen-bond acceptors (Lipinski definition) is 7. The van der Waals surface area contributed by atoms with Crippen LogP contribution in [0.3, 0.4) is 0 Å². The van der Waals surface area contributed by atoms with Crippen molar-refractivity contribution >= 4 is 18.9 Å². The van der Waals surface area contributed by atoms with Crippen molar-refractivity contribution < 1.29 is 22.8 Å². The normalized spacial score (nSPS) is 11.5. The van der Waals surface area contributed by atoms with Gasteiger partial charge in [-0.15, -0.1) is 0 Å². The fourth-order valence-corrected chi connectivity index (χ4v) is 4.78. The van der Waals surface area contributed by atoms with Gasteiger partial charge >= 0.3 is 7.60 Å². The summed E-state index contributed by atoms with van der Waals surface area (Å²) in [4.78, 5) is 4.65. The van der Waals surface area contributed by atoms with Crippen LogP contribution in [0.5, 0.6) is 5.75 Å². The molecule has 1 heterocycles. The summed E-state index contributed by atoms with van der Waals surface area (Å²) in [5.74, 6) is 1.09. The molecular formula is C26H27N2O5P. The summed E-state index contributed by atoms with van der Waals surface area (Å²) in [5.41, 5.74) is 3.08. The number of nitrogens with zero attached hydrogens (tertiary/aromatic N) is 1. The van der Waals surface area contributed by atoms with E-state index in [2.05, 4.69) is 10.3 Å². The molecule has 4 aromatic rings. The number of nitrogens with one attached hydrogen (secondary N) is 1. The van der Waals surface area contributed by atoms with Crippen LogP contribution in [-0.4, -0.2) is 26.3 Å². The van der Waals surface area contributed by atoms with Crippen molar-refractivity contribution in [3.8, 4) is 5.75 Å². The van der Waals surface area contributed by atoms with Crippen LogP contribution in [0, 0.1) is 0 Å². The Morgan fingerprint density at radius 2 is 1.41 bits per heavy atom. The Kier molecular flexibility index (Phi) is 7.48. The Hall–Kier alpha value is -3.38. The summed E-state index contributed by atoms with van der Waals surface area (Å²) >= 11 is 0. The van der Waals surface area contributed by atoms with Crippen molar-refractivity contribution in [1.82, 2.24) is 4.98 Å². The summed E-state index contributed by atoms with van der Waals surface area (Å²) in [5, 5.41) is 3.22. The Morgan fingerprint density at radius 1 is 0.853 bits per heavy atom. The molecule has 0 saturated heterocycles. The number of hydrogen-bond donors (Lipinski definition) is 1. The number of benzene rings is 3. The molecule has 1 N–H and O–H groups in total. The van der Waals surface area contributed by atoms with Crippen molar-refractivity contribution in [1.29, 1.82) is 0 Å². The van der Waals surface area contributed by atoms with E-state index in [4.69, 9.17) is 18.2 Å². The largest absolute Gasteiger partial charge is 0.497 e. The van der Waals surface area contributed by atoms with E-state index in [1.165, 1.54) is 14.2 Å². The van der Waals surface area contributed by atoms with Crippen molar-refractivity contribution in [2.24, 2.45) is 0 Å². The Labute approximate surface area is 199 Å². The van der Waals surface area contributed by atoms with Crippen LogP contribution in [0.4, 0.5) is 5.88 Å². The molecule has 34 heavy (non-hydrogen) atoms. The second kappa shape index (κ2) is 10.7. The molecule has 0 amide bonds. The van der Waals surface area contributed by atoms with Crippen molar-refractivity contribution in [3.63, 3.8) is 0 Å². The van der Waals surface area contributed by atoms with Gasteiger partial charge in [-0.2, -0.15) is 0 Å². The van der Waals surface area contributed by atoms with Gasteiger partial charge in [0.15, 0.2) is 0 Å². The number of aromatic nitrogens is 1. The molecule has 0 spiro atoms. The molecule has 0 saturated carbocycles. The molecule has 0 aliphatic heterocycles. The van der Waals surface area contributed by atoms with Crippen LogP contribution in [0.25, 0.3) is 0 Å². The van der Waals surface area contributed by atoms with Gasteiger partial charge in [-0.3, -0.25) is 4.57 Å². The molecule has 0 bridgehead atoms. The quantitative estimate of drug-likeness (QED) is 0.298. The Balaban J connectivity index is 1.76. The van der Waals surface area contributed by atoms with Crippen LogP contribution in [0.15, 0.2) is 89.3 Å². The predicted octanol–water partition coefficient (Wildman–Crippen LogP) is 5.59. The summed E-state index contributed by atoms with van der Waals surface area (Å²) < 4.78 is 35.3. The zero-order valence-electron chi connectivity index (χ0n) is 19.3. The van der Waals surface area contributed by atoms with Crippen molar-refractivity contribution in [2.45, 2.75) is 12.5 Å². The van der Waals surface area contributed by atoms with E-state index in [9.17, 15) is 4.57 Å². The first-order chi connectivity index (χ1) is 16.6. The van der Waals surface area contributed by atoms with Gasteiger partial charge in [-0.25, -0.2) is 4.98 Å². The highest BCUT2D eigenvalue weighted by atomic mass is 31.2. The Morgan fingerprint density at radius 3 is 1.91 bits per heavy atom. The molecule has 176 valence electrons. The van der Waals surface area contributed by atoms with Gasteiger partial charge in [0.25, 0.3) is 0 Å². The summed E-state index contributed by atoms with van der Waals surface area (Å²) in [7, 11) is 0.591. The molecule has 0 atom stereocenters. The maximum Gasteiger partial charge on any atom is 0.384 e.